The summed E-state index contributed by atoms with van der Waals surface area (Å²) in [4.78, 5) is 17.7. The highest BCUT2D eigenvalue weighted by molar-refractivity contribution is 6.05. The molecule has 24 heavy (non-hydrogen) atoms. The predicted octanol–water partition coefficient (Wildman–Crippen LogP) is 4.12. The van der Waals surface area contributed by atoms with E-state index in [-0.39, 0.29) is 5.97 Å². The van der Waals surface area contributed by atoms with Gasteiger partial charge in [-0.3, -0.25) is 4.79 Å². The topological polar surface area (TPSA) is 38.7 Å². The summed E-state index contributed by atoms with van der Waals surface area (Å²) >= 11 is 0. The van der Waals surface area contributed by atoms with Gasteiger partial charge in [0, 0.05) is 5.57 Å². The van der Waals surface area contributed by atoms with Crippen molar-refractivity contribution in [3.8, 4) is 0 Å². The number of carbonyl (C=O) groups is 1. The smallest absolute Gasteiger partial charge is 0.329 e. The molecule has 1 aliphatic heterocycles. The molecule has 0 aliphatic carbocycles. The van der Waals surface area contributed by atoms with Crippen molar-refractivity contribution in [2.45, 2.75) is 26.2 Å². The molecule has 2 aromatic rings. The molecule has 0 bridgehead atoms. The molecule has 0 saturated carbocycles. The van der Waals surface area contributed by atoms with Gasteiger partial charge in [-0.2, -0.15) is 0 Å². The Morgan fingerprint density at radius 1 is 1.04 bits per heavy atom. The van der Waals surface area contributed by atoms with Crippen LogP contribution in [0.1, 0.15) is 29.2 Å². The van der Waals surface area contributed by atoms with E-state index in [1.165, 1.54) is 0 Å². The summed E-state index contributed by atoms with van der Waals surface area (Å²) in [5.74, 6) is 0.0388. The molecule has 122 valence electrons. The maximum atomic E-state index is 13.2. The zero-order chi connectivity index (χ0) is 17.3. The molecule has 0 unspecified atom stereocenters. The second-order valence-corrected chi connectivity index (χ2v) is 6.33. The molecule has 0 atom stereocenters. The molecular formula is C21H21NO2. The number of hydrogen-bond acceptors (Lipinski definition) is 3. The zero-order valence-corrected chi connectivity index (χ0v) is 14.3. The van der Waals surface area contributed by atoms with Gasteiger partial charge in [-0.1, -0.05) is 55.1 Å². The van der Waals surface area contributed by atoms with Crippen LogP contribution in [-0.2, 0) is 14.9 Å². The highest BCUT2D eigenvalue weighted by Gasteiger charge is 2.48. The number of cyclic esters (lactones) is 1. The summed E-state index contributed by atoms with van der Waals surface area (Å²) in [6, 6.07) is 15.9. The van der Waals surface area contributed by atoms with Crippen molar-refractivity contribution in [1.29, 1.82) is 0 Å². The van der Waals surface area contributed by atoms with Gasteiger partial charge in [0.05, 0.1) is 6.54 Å². The first-order valence-corrected chi connectivity index (χ1v) is 8.01. The lowest BCUT2D eigenvalue weighted by atomic mass is 9.71. The van der Waals surface area contributed by atoms with Crippen LogP contribution < -0.4 is 0 Å². The van der Waals surface area contributed by atoms with Gasteiger partial charge in [0.15, 0.2) is 0 Å². The molecule has 0 spiro atoms. The van der Waals surface area contributed by atoms with Gasteiger partial charge in [0.1, 0.15) is 5.41 Å². The SMILES string of the molecule is C=C(C)C1=NCC(c2ccccc2C)(c2ccccc2C)C(=O)O1. The fourth-order valence-corrected chi connectivity index (χ4v) is 3.32. The van der Waals surface area contributed by atoms with Gasteiger partial charge >= 0.3 is 5.97 Å². The van der Waals surface area contributed by atoms with E-state index in [4.69, 9.17) is 4.74 Å². The molecule has 3 rings (SSSR count). The molecule has 2 aromatic carbocycles. The Kier molecular flexibility index (Phi) is 4.10. The third kappa shape index (κ3) is 2.46. The number of rotatable bonds is 3. The Balaban J connectivity index is 2.28. The van der Waals surface area contributed by atoms with Crippen LogP contribution in [0.25, 0.3) is 0 Å². The van der Waals surface area contributed by atoms with Crippen molar-refractivity contribution in [3.05, 3.63) is 82.9 Å². The fraction of sp³-hybridized carbons (Fsp3) is 0.238. The molecule has 3 nitrogen and oxygen atoms in total. The van der Waals surface area contributed by atoms with Gasteiger partial charge in [0.25, 0.3) is 0 Å². The monoisotopic (exact) mass is 319 g/mol. The summed E-state index contributed by atoms with van der Waals surface area (Å²) in [6.45, 7) is 9.98. The minimum absolute atomic E-state index is 0.292. The summed E-state index contributed by atoms with van der Waals surface area (Å²) in [5.41, 5.74) is 3.71. The Hall–Kier alpha value is -2.68. The highest BCUT2D eigenvalue weighted by atomic mass is 16.5. The Bertz CT molecular complexity index is 803. The number of esters is 1. The van der Waals surface area contributed by atoms with Crippen LogP contribution in [0.5, 0.6) is 0 Å². The van der Waals surface area contributed by atoms with Crippen LogP contribution in [0.15, 0.2) is 65.7 Å². The molecule has 3 heteroatoms. The average Bonchev–Trinajstić information content (AvgIpc) is 2.56. The van der Waals surface area contributed by atoms with E-state index in [0.29, 0.717) is 18.0 Å². The summed E-state index contributed by atoms with van der Waals surface area (Å²) in [6.07, 6.45) is 0. The first kappa shape index (κ1) is 16.2. The van der Waals surface area contributed by atoms with Crippen LogP contribution in [0.3, 0.4) is 0 Å². The number of benzene rings is 2. The van der Waals surface area contributed by atoms with Crippen molar-refractivity contribution in [2.75, 3.05) is 6.54 Å². The number of ether oxygens (including phenoxy) is 1. The van der Waals surface area contributed by atoms with Gasteiger partial charge in [0.2, 0.25) is 5.90 Å². The van der Waals surface area contributed by atoms with Crippen molar-refractivity contribution in [2.24, 2.45) is 4.99 Å². The molecule has 1 aliphatic rings. The van der Waals surface area contributed by atoms with Crippen LogP contribution in [0, 0.1) is 13.8 Å². The summed E-state index contributed by atoms with van der Waals surface area (Å²) in [5, 5.41) is 0. The lowest BCUT2D eigenvalue weighted by molar-refractivity contribution is -0.141. The Labute approximate surface area is 142 Å². The predicted molar refractivity (Wildman–Crippen MR) is 96.3 cm³/mol. The molecule has 0 saturated heterocycles. The fourth-order valence-electron chi connectivity index (χ4n) is 3.32. The number of hydrogen-bond donors (Lipinski definition) is 0. The van der Waals surface area contributed by atoms with E-state index in [2.05, 4.69) is 11.6 Å². The van der Waals surface area contributed by atoms with Gasteiger partial charge in [-0.15, -0.1) is 0 Å². The van der Waals surface area contributed by atoms with Crippen molar-refractivity contribution in [1.82, 2.24) is 0 Å². The number of carbonyl (C=O) groups excluding carboxylic acids is 1. The zero-order valence-electron chi connectivity index (χ0n) is 14.3. The molecular weight excluding hydrogens is 298 g/mol. The van der Waals surface area contributed by atoms with Crippen LogP contribution in [-0.4, -0.2) is 18.4 Å². The standard InChI is InChI=1S/C21H21NO2/c1-14(2)19-22-13-21(20(23)24-19,17-11-7-5-9-15(17)3)18-12-8-6-10-16(18)4/h5-12H,1,13H2,2-4H3. The average molecular weight is 319 g/mol. The van der Waals surface area contributed by atoms with Gasteiger partial charge < -0.3 is 4.74 Å². The quantitative estimate of drug-likeness (QED) is 0.798. The molecule has 0 N–H and O–H groups in total. The van der Waals surface area contributed by atoms with E-state index in [1.54, 1.807) is 6.92 Å². The minimum Gasteiger partial charge on any atom is -0.407 e. The second kappa shape index (κ2) is 6.08. The molecule has 0 radical (unpaired) electrons. The highest BCUT2D eigenvalue weighted by Crippen LogP contribution is 2.39. The van der Waals surface area contributed by atoms with Crippen molar-refractivity contribution in [3.63, 3.8) is 0 Å². The number of nitrogens with zero attached hydrogens (tertiary/aromatic N) is 1. The number of aliphatic imine (C=N–C) groups is 1. The molecule has 0 fully saturated rings. The minimum atomic E-state index is -0.921. The summed E-state index contributed by atoms with van der Waals surface area (Å²) in [7, 11) is 0. The largest absolute Gasteiger partial charge is 0.407 e. The van der Waals surface area contributed by atoms with Crippen LogP contribution in [0.4, 0.5) is 0 Å². The van der Waals surface area contributed by atoms with Crippen molar-refractivity contribution >= 4 is 11.9 Å². The molecule has 0 amide bonds. The van der Waals surface area contributed by atoms with Gasteiger partial charge in [-0.05, 0) is 43.0 Å². The van der Waals surface area contributed by atoms with E-state index < -0.39 is 5.41 Å². The second-order valence-electron chi connectivity index (χ2n) is 6.33. The molecule has 0 aromatic heterocycles. The maximum absolute atomic E-state index is 13.2. The van der Waals surface area contributed by atoms with E-state index >= 15 is 0 Å². The lowest BCUT2D eigenvalue weighted by Crippen LogP contribution is -2.47. The third-order valence-electron chi connectivity index (χ3n) is 4.57. The first-order valence-electron chi connectivity index (χ1n) is 8.01. The van der Waals surface area contributed by atoms with E-state index in [0.717, 1.165) is 22.3 Å². The normalized spacial score (nSPS) is 16.3. The van der Waals surface area contributed by atoms with Crippen LogP contribution >= 0.6 is 0 Å². The molecule has 1 heterocycles. The summed E-state index contributed by atoms with van der Waals surface area (Å²) < 4.78 is 5.59. The maximum Gasteiger partial charge on any atom is 0.329 e. The van der Waals surface area contributed by atoms with Crippen LogP contribution in [0.2, 0.25) is 0 Å². The van der Waals surface area contributed by atoms with E-state index in [9.17, 15) is 4.79 Å². The lowest BCUT2D eigenvalue weighted by Gasteiger charge is -2.36. The Morgan fingerprint density at radius 2 is 1.54 bits per heavy atom. The first-order chi connectivity index (χ1) is 11.5. The van der Waals surface area contributed by atoms with Gasteiger partial charge in [-0.25, -0.2) is 4.99 Å². The van der Waals surface area contributed by atoms with E-state index in [1.807, 2.05) is 62.4 Å². The third-order valence-corrected chi connectivity index (χ3v) is 4.57. The Morgan fingerprint density at radius 3 is 1.96 bits per heavy atom. The number of aryl methyl sites for hydroxylation is 2. The van der Waals surface area contributed by atoms with Crippen molar-refractivity contribution < 1.29 is 9.53 Å².